The maximum Gasteiger partial charge on any atom is 0.356 e. The molecule has 2 N–H and O–H groups in total. The van der Waals surface area contributed by atoms with Gasteiger partial charge in [0.2, 0.25) is 0 Å². The molecule has 0 radical (unpaired) electrons. The van der Waals surface area contributed by atoms with Crippen LogP contribution in [0.2, 0.25) is 5.02 Å². The van der Waals surface area contributed by atoms with Crippen LogP contribution in [-0.2, 0) is 18.9 Å². The molecule has 3 aromatic heterocycles. The number of halogens is 1. The molecule has 0 unspecified atom stereocenters. The van der Waals surface area contributed by atoms with E-state index in [4.69, 9.17) is 36.3 Å². The summed E-state index contributed by atoms with van der Waals surface area (Å²) < 4.78 is 23.6. The average molecular weight is 600 g/mol. The van der Waals surface area contributed by atoms with Crippen molar-refractivity contribution in [3.05, 3.63) is 51.8 Å². The number of fused-ring (bicyclic) bond motifs is 3. The average Bonchev–Trinajstić information content (AvgIpc) is 3.55. The van der Waals surface area contributed by atoms with E-state index in [-0.39, 0.29) is 75.4 Å². The molecule has 222 valence electrons. The second-order valence-electron chi connectivity index (χ2n) is 9.11. The SMILES string of the molecule is CCCOC(=O)c1c(C(=O)OCCC)c2c(-n3ncc(C(=O)OC)c3N)nc3ccc(Cl)cc3n2c1C(=O)OCCC. The number of carbonyl (C=O) groups is 4. The lowest BCUT2D eigenvalue weighted by Gasteiger charge is -2.13. The van der Waals surface area contributed by atoms with E-state index in [1.807, 2.05) is 6.92 Å². The van der Waals surface area contributed by atoms with E-state index in [2.05, 4.69) is 10.1 Å². The number of rotatable bonds is 11. The van der Waals surface area contributed by atoms with E-state index in [1.54, 1.807) is 26.0 Å². The Bertz CT molecular complexity index is 1690. The monoisotopic (exact) mass is 599 g/mol. The topological polar surface area (TPSA) is 166 Å². The summed E-state index contributed by atoms with van der Waals surface area (Å²) in [5, 5.41) is 4.51. The Hall–Kier alpha value is -4.65. The highest BCUT2D eigenvalue weighted by Gasteiger charge is 2.37. The minimum atomic E-state index is -0.947. The standard InChI is InChI=1S/C28H30ClN5O8/c1-5-10-40-26(36)19-20(27(37)41-11-6-2)22(28(38)42-12-7-3)33-18-13-15(29)8-9-17(18)32-24(21(19)33)34-23(30)16(14-31-34)25(35)39-4/h8-9,13-14H,5-7,10-12,30H2,1-4H3. The molecule has 0 saturated heterocycles. The van der Waals surface area contributed by atoms with Crippen molar-refractivity contribution < 1.29 is 38.1 Å². The zero-order valence-corrected chi connectivity index (χ0v) is 24.3. The van der Waals surface area contributed by atoms with Crippen LogP contribution < -0.4 is 5.73 Å². The van der Waals surface area contributed by atoms with Gasteiger partial charge in [0.25, 0.3) is 0 Å². The molecule has 0 amide bonds. The van der Waals surface area contributed by atoms with Gasteiger partial charge in [0, 0.05) is 5.02 Å². The minimum absolute atomic E-state index is 0.0181. The van der Waals surface area contributed by atoms with Crippen molar-refractivity contribution in [1.29, 1.82) is 0 Å². The first-order chi connectivity index (χ1) is 20.2. The zero-order valence-electron chi connectivity index (χ0n) is 23.6. The van der Waals surface area contributed by atoms with Crippen LogP contribution in [0.25, 0.3) is 22.4 Å². The molecule has 0 aliphatic carbocycles. The number of hydrogen-bond acceptors (Lipinski definition) is 11. The van der Waals surface area contributed by atoms with Gasteiger partial charge in [-0.25, -0.2) is 24.2 Å². The van der Waals surface area contributed by atoms with Crippen molar-refractivity contribution in [2.75, 3.05) is 32.7 Å². The highest BCUT2D eigenvalue weighted by atomic mass is 35.5. The van der Waals surface area contributed by atoms with Crippen LogP contribution in [0.5, 0.6) is 0 Å². The summed E-state index contributed by atoms with van der Waals surface area (Å²) in [5.74, 6) is -3.77. The van der Waals surface area contributed by atoms with Gasteiger partial charge in [0.15, 0.2) is 5.82 Å². The van der Waals surface area contributed by atoms with Gasteiger partial charge in [0.1, 0.15) is 33.7 Å². The number of aromatic nitrogens is 4. The minimum Gasteiger partial charge on any atom is -0.465 e. The highest BCUT2D eigenvalue weighted by Crippen LogP contribution is 2.35. The first-order valence-electron chi connectivity index (χ1n) is 13.3. The number of esters is 4. The van der Waals surface area contributed by atoms with Gasteiger partial charge >= 0.3 is 23.9 Å². The van der Waals surface area contributed by atoms with Crippen molar-refractivity contribution >= 4 is 57.8 Å². The number of nitrogen functional groups attached to an aromatic ring is 1. The molecular formula is C28H30ClN5O8. The predicted octanol–water partition coefficient (Wildman–Crippen LogP) is 4.40. The van der Waals surface area contributed by atoms with Gasteiger partial charge in [-0.05, 0) is 37.5 Å². The van der Waals surface area contributed by atoms with Crippen molar-refractivity contribution in [1.82, 2.24) is 19.2 Å². The first-order valence-corrected chi connectivity index (χ1v) is 13.7. The van der Waals surface area contributed by atoms with E-state index in [0.717, 1.165) is 4.68 Å². The molecular weight excluding hydrogens is 570 g/mol. The van der Waals surface area contributed by atoms with Crippen LogP contribution in [-0.4, -0.2) is 70.0 Å². The Balaban J connectivity index is 2.25. The van der Waals surface area contributed by atoms with Gasteiger partial charge < -0.3 is 24.7 Å². The summed E-state index contributed by atoms with van der Waals surface area (Å²) in [7, 11) is 1.19. The molecule has 0 bridgehead atoms. The van der Waals surface area contributed by atoms with Gasteiger partial charge in [-0.1, -0.05) is 32.4 Å². The molecule has 0 spiro atoms. The van der Waals surface area contributed by atoms with Gasteiger partial charge in [-0.15, -0.1) is 0 Å². The summed E-state index contributed by atoms with van der Waals surface area (Å²) >= 11 is 6.35. The molecule has 0 aliphatic rings. The quantitative estimate of drug-likeness (QED) is 0.192. The maximum absolute atomic E-state index is 13.7. The number of methoxy groups -OCH3 is 1. The third kappa shape index (κ3) is 5.47. The molecule has 1 aromatic carbocycles. The Kier molecular flexibility index (Phi) is 9.31. The van der Waals surface area contributed by atoms with Gasteiger partial charge in [0.05, 0.1) is 44.2 Å². The fraction of sp³-hybridized carbons (Fsp3) is 0.357. The summed E-state index contributed by atoms with van der Waals surface area (Å²) in [6, 6.07) is 4.67. The van der Waals surface area contributed by atoms with Crippen LogP contribution in [0, 0.1) is 0 Å². The molecule has 0 aliphatic heterocycles. The second-order valence-corrected chi connectivity index (χ2v) is 9.54. The Labute approximate surface area is 245 Å². The van der Waals surface area contributed by atoms with E-state index in [0.29, 0.717) is 19.3 Å². The van der Waals surface area contributed by atoms with Gasteiger partial charge in [-0.2, -0.15) is 9.78 Å². The first kappa shape index (κ1) is 30.3. The molecule has 42 heavy (non-hydrogen) atoms. The summed E-state index contributed by atoms with van der Waals surface area (Å²) in [6.07, 6.45) is 2.64. The lowest BCUT2D eigenvalue weighted by atomic mass is 10.1. The second kappa shape index (κ2) is 12.9. The maximum atomic E-state index is 13.7. The molecule has 4 rings (SSSR count). The number of benzene rings is 1. The lowest BCUT2D eigenvalue weighted by molar-refractivity contribution is 0.0438. The molecule has 4 aromatic rings. The predicted molar refractivity (Wildman–Crippen MR) is 152 cm³/mol. The molecule has 0 atom stereocenters. The fourth-order valence-electron chi connectivity index (χ4n) is 4.29. The molecule has 13 nitrogen and oxygen atoms in total. The fourth-order valence-corrected chi connectivity index (χ4v) is 4.46. The van der Waals surface area contributed by atoms with Crippen molar-refractivity contribution in [2.45, 2.75) is 40.0 Å². The van der Waals surface area contributed by atoms with Crippen molar-refractivity contribution in [2.24, 2.45) is 0 Å². The summed E-state index contributed by atoms with van der Waals surface area (Å²) in [4.78, 5) is 58.0. The van der Waals surface area contributed by atoms with E-state index in [9.17, 15) is 19.2 Å². The van der Waals surface area contributed by atoms with Crippen molar-refractivity contribution in [3.63, 3.8) is 0 Å². The van der Waals surface area contributed by atoms with Crippen LogP contribution in [0.1, 0.15) is 81.6 Å². The van der Waals surface area contributed by atoms with E-state index >= 15 is 0 Å². The number of nitrogens with zero attached hydrogens (tertiary/aromatic N) is 4. The molecule has 3 heterocycles. The molecule has 0 fully saturated rings. The zero-order chi connectivity index (χ0) is 30.6. The lowest BCUT2D eigenvalue weighted by Crippen LogP contribution is -2.18. The number of anilines is 1. The summed E-state index contributed by atoms with van der Waals surface area (Å²) in [6.45, 7) is 5.49. The smallest absolute Gasteiger partial charge is 0.356 e. The highest BCUT2D eigenvalue weighted by molar-refractivity contribution is 6.31. The van der Waals surface area contributed by atoms with Gasteiger partial charge in [-0.3, -0.25) is 4.40 Å². The summed E-state index contributed by atoms with van der Waals surface area (Å²) in [5.41, 5.74) is 5.74. The molecule has 0 saturated carbocycles. The largest absolute Gasteiger partial charge is 0.465 e. The number of carbonyl (C=O) groups excluding carboxylic acids is 4. The van der Waals surface area contributed by atoms with Crippen LogP contribution in [0.15, 0.2) is 24.4 Å². The third-order valence-electron chi connectivity index (χ3n) is 6.11. The van der Waals surface area contributed by atoms with Crippen molar-refractivity contribution in [3.8, 4) is 5.82 Å². The van der Waals surface area contributed by atoms with E-state index in [1.165, 1.54) is 23.8 Å². The Morgan fingerprint density at radius 3 is 2.07 bits per heavy atom. The number of nitrogens with two attached hydrogens (primary N) is 1. The Morgan fingerprint density at radius 1 is 0.881 bits per heavy atom. The number of hydrogen-bond donors (Lipinski definition) is 1. The Morgan fingerprint density at radius 2 is 1.48 bits per heavy atom. The van der Waals surface area contributed by atoms with Crippen LogP contribution in [0.4, 0.5) is 5.82 Å². The molecule has 14 heteroatoms. The number of ether oxygens (including phenoxy) is 4. The van der Waals surface area contributed by atoms with Crippen LogP contribution in [0.3, 0.4) is 0 Å². The normalized spacial score (nSPS) is 11.1. The van der Waals surface area contributed by atoms with E-state index < -0.39 is 23.9 Å². The third-order valence-corrected chi connectivity index (χ3v) is 6.35. The van der Waals surface area contributed by atoms with Crippen LogP contribution >= 0.6 is 11.6 Å².